The van der Waals surface area contributed by atoms with Crippen molar-refractivity contribution in [2.75, 3.05) is 13.2 Å². The zero-order valence-corrected chi connectivity index (χ0v) is 13.0. The molecule has 0 bridgehead atoms. The average molecular weight is 297 g/mol. The number of carboxylic acids is 1. The summed E-state index contributed by atoms with van der Waals surface area (Å²) in [6.07, 6.45) is 7.74. The van der Waals surface area contributed by atoms with Crippen LogP contribution >= 0.6 is 0 Å². The van der Waals surface area contributed by atoms with Crippen LogP contribution < -0.4 is 5.32 Å². The number of carbonyl (C=O) groups is 2. The highest BCUT2D eigenvalue weighted by Crippen LogP contribution is 2.37. The van der Waals surface area contributed by atoms with Crippen LogP contribution in [-0.2, 0) is 14.3 Å². The molecule has 0 radical (unpaired) electrons. The fraction of sp³-hybridized carbons (Fsp3) is 0.875. The molecule has 0 spiro atoms. The van der Waals surface area contributed by atoms with Gasteiger partial charge in [-0.25, -0.2) is 0 Å². The van der Waals surface area contributed by atoms with Crippen molar-refractivity contribution in [2.24, 2.45) is 5.41 Å². The topological polar surface area (TPSA) is 75.6 Å². The summed E-state index contributed by atoms with van der Waals surface area (Å²) in [5, 5.41) is 12.4. The van der Waals surface area contributed by atoms with E-state index in [9.17, 15) is 14.7 Å². The van der Waals surface area contributed by atoms with Crippen LogP contribution in [0.25, 0.3) is 0 Å². The van der Waals surface area contributed by atoms with Gasteiger partial charge in [0, 0.05) is 13.2 Å². The van der Waals surface area contributed by atoms with Crippen molar-refractivity contribution >= 4 is 11.9 Å². The van der Waals surface area contributed by atoms with E-state index < -0.39 is 17.0 Å². The number of carboxylic acid groups (broad SMARTS) is 1. The first-order valence-electron chi connectivity index (χ1n) is 8.20. The van der Waals surface area contributed by atoms with Gasteiger partial charge in [-0.1, -0.05) is 19.3 Å². The second-order valence-corrected chi connectivity index (χ2v) is 6.46. The molecule has 0 aliphatic heterocycles. The molecular weight excluding hydrogens is 270 g/mol. The predicted octanol–water partition coefficient (Wildman–Crippen LogP) is 2.49. The second kappa shape index (κ2) is 6.77. The van der Waals surface area contributed by atoms with E-state index in [0.717, 1.165) is 44.9 Å². The molecule has 1 amide bonds. The smallest absolute Gasteiger partial charge is 0.311 e. The highest BCUT2D eigenvalue weighted by molar-refractivity contribution is 5.86. The molecule has 2 saturated carbocycles. The minimum atomic E-state index is -0.778. The Morgan fingerprint density at radius 1 is 1.05 bits per heavy atom. The van der Waals surface area contributed by atoms with E-state index in [4.69, 9.17) is 4.74 Å². The maximum absolute atomic E-state index is 12.5. The summed E-state index contributed by atoms with van der Waals surface area (Å²) in [4.78, 5) is 24.2. The molecule has 0 aromatic rings. The second-order valence-electron chi connectivity index (χ2n) is 6.46. The summed E-state index contributed by atoms with van der Waals surface area (Å²) in [5.41, 5.74) is -1.50. The molecule has 120 valence electrons. The van der Waals surface area contributed by atoms with Gasteiger partial charge in [0.25, 0.3) is 5.91 Å². The van der Waals surface area contributed by atoms with Crippen molar-refractivity contribution in [3.05, 3.63) is 0 Å². The number of hydrogen-bond acceptors (Lipinski definition) is 3. The lowest BCUT2D eigenvalue weighted by Gasteiger charge is -2.35. The van der Waals surface area contributed by atoms with Crippen molar-refractivity contribution in [1.82, 2.24) is 5.32 Å². The van der Waals surface area contributed by atoms with Crippen molar-refractivity contribution in [2.45, 2.75) is 70.3 Å². The molecule has 0 atom stereocenters. The molecule has 0 aromatic heterocycles. The van der Waals surface area contributed by atoms with Crippen molar-refractivity contribution in [3.8, 4) is 0 Å². The van der Waals surface area contributed by atoms with E-state index in [2.05, 4.69) is 5.32 Å². The number of carbonyl (C=O) groups excluding carboxylic acids is 1. The van der Waals surface area contributed by atoms with Gasteiger partial charge in [-0.05, 0) is 45.4 Å². The van der Waals surface area contributed by atoms with Gasteiger partial charge in [-0.15, -0.1) is 0 Å². The van der Waals surface area contributed by atoms with Crippen molar-refractivity contribution in [3.63, 3.8) is 0 Å². The highest BCUT2D eigenvalue weighted by atomic mass is 16.5. The van der Waals surface area contributed by atoms with Crippen LogP contribution in [0, 0.1) is 5.41 Å². The van der Waals surface area contributed by atoms with Crippen LogP contribution in [0.1, 0.15) is 64.7 Å². The molecule has 0 unspecified atom stereocenters. The third-order valence-electron chi connectivity index (χ3n) is 5.10. The largest absolute Gasteiger partial charge is 0.481 e. The number of aliphatic carboxylic acids is 1. The number of rotatable bonds is 6. The Kier molecular flexibility index (Phi) is 5.25. The van der Waals surface area contributed by atoms with Crippen LogP contribution in [0.5, 0.6) is 0 Å². The fourth-order valence-electron chi connectivity index (χ4n) is 3.76. The Balaban J connectivity index is 1.99. The molecule has 2 aliphatic carbocycles. The number of ether oxygens (including phenoxy) is 1. The molecular formula is C16H27NO4. The summed E-state index contributed by atoms with van der Waals surface area (Å²) < 4.78 is 5.73. The zero-order chi connectivity index (χ0) is 15.3. The van der Waals surface area contributed by atoms with Gasteiger partial charge in [0.2, 0.25) is 0 Å². The first kappa shape index (κ1) is 16.3. The third-order valence-corrected chi connectivity index (χ3v) is 5.10. The lowest BCUT2D eigenvalue weighted by molar-refractivity contribution is -0.153. The van der Waals surface area contributed by atoms with Gasteiger partial charge in [0.15, 0.2) is 0 Å². The van der Waals surface area contributed by atoms with E-state index >= 15 is 0 Å². The lowest BCUT2D eigenvalue weighted by atomic mass is 9.74. The van der Waals surface area contributed by atoms with Crippen LogP contribution in [0.4, 0.5) is 0 Å². The molecule has 2 fully saturated rings. The summed E-state index contributed by atoms with van der Waals surface area (Å²) in [7, 11) is 0. The zero-order valence-electron chi connectivity index (χ0n) is 13.0. The maximum Gasteiger partial charge on any atom is 0.311 e. The van der Waals surface area contributed by atoms with Gasteiger partial charge >= 0.3 is 5.97 Å². The Bertz CT molecular complexity index is 382. The molecule has 0 saturated heterocycles. The molecule has 0 heterocycles. The average Bonchev–Trinajstić information content (AvgIpc) is 2.96. The minimum absolute atomic E-state index is 0.118. The summed E-state index contributed by atoms with van der Waals surface area (Å²) in [6, 6.07) is 0. The first-order valence-corrected chi connectivity index (χ1v) is 8.20. The first-order chi connectivity index (χ1) is 10.0. The van der Waals surface area contributed by atoms with Gasteiger partial charge in [-0.2, -0.15) is 0 Å². The Morgan fingerprint density at radius 2 is 1.62 bits per heavy atom. The molecule has 2 rings (SSSR count). The Hall–Kier alpha value is -1.10. The van der Waals surface area contributed by atoms with E-state index in [0.29, 0.717) is 19.4 Å². The van der Waals surface area contributed by atoms with E-state index in [1.54, 1.807) is 0 Å². The highest BCUT2D eigenvalue weighted by Gasteiger charge is 2.45. The quantitative estimate of drug-likeness (QED) is 0.790. The van der Waals surface area contributed by atoms with E-state index in [1.165, 1.54) is 0 Å². The lowest BCUT2D eigenvalue weighted by Crippen LogP contribution is -2.52. The number of hydrogen-bond donors (Lipinski definition) is 2. The number of nitrogens with one attached hydrogen (secondary N) is 1. The standard InChI is InChI=1S/C16H27NO4/c1-2-21-16(10-6-7-11-16)13(18)17-12-15(14(19)20)8-4-3-5-9-15/h2-12H2,1H3,(H,17,18)(H,19,20). The normalized spacial score (nSPS) is 23.7. The maximum atomic E-state index is 12.5. The molecule has 21 heavy (non-hydrogen) atoms. The minimum Gasteiger partial charge on any atom is -0.481 e. The van der Waals surface area contributed by atoms with E-state index in [1.807, 2.05) is 6.92 Å². The van der Waals surface area contributed by atoms with Crippen LogP contribution in [0.3, 0.4) is 0 Å². The number of amides is 1. The molecule has 5 nitrogen and oxygen atoms in total. The monoisotopic (exact) mass is 297 g/mol. The Labute approximate surface area is 126 Å². The van der Waals surface area contributed by atoms with Gasteiger partial charge in [-0.3, -0.25) is 9.59 Å². The fourth-order valence-corrected chi connectivity index (χ4v) is 3.76. The summed E-state index contributed by atoms with van der Waals surface area (Å²) in [5.74, 6) is -0.896. The van der Waals surface area contributed by atoms with Gasteiger partial charge in [0.05, 0.1) is 5.41 Å². The molecule has 0 aromatic carbocycles. The van der Waals surface area contributed by atoms with E-state index in [-0.39, 0.29) is 12.5 Å². The SMILES string of the molecule is CCOC1(C(=O)NCC2(C(=O)O)CCCCC2)CCCC1. The third kappa shape index (κ3) is 3.39. The van der Waals surface area contributed by atoms with Crippen molar-refractivity contribution < 1.29 is 19.4 Å². The van der Waals surface area contributed by atoms with Crippen LogP contribution in [0.15, 0.2) is 0 Å². The van der Waals surface area contributed by atoms with Crippen LogP contribution in [-0.4, -0.2) is 35.7 Å². The molecule has 5 heteroatoms. The summed E-state index contributed by atoms with van der Waals surface area (Å²) in [6.45, 7) is 2.64. The predicted molar refractivity (Wildman–Crippen MR) is 79.0 cm³/mol. The Morgan fingerprint density at radius 3 is 2.14 bits per heavy atom. The van der Waals surface area contributed by atoms with Crippen LogP contribution in [0.2, 0.25) is 0 Å². The molecule has 2 N–H and O–H groups in total. The summed E-state index contributed by atoms with van der Waals surface area (Å²) >= 11 is 0. The van der Waals surface area contributed by atoms with Crippen molar-refractivity contribution in [1.29, 1.82) is 0 Å². The van der Waals surface area contributed by atoms with Gasteiger partial charge in [0.1, 0.15) is 5.60 Å². The van der Waals surface area contributed by atoms with Gasteiger partial charge < -0.3 is 15.2 Å². The molecule has 2 aliphatic rings.